The van der Waals surface area contributed by atoms with E-state index in [0.29, 0.717) is 5.92 Å². The molecule has 0 fully saturated rings. The molecule has 0 aliphatic heterocycles. The van der Waals surface area contributed by atoms with Gasteiger partial charge in [-0.05, 0) is 48.4 Å². The van der Waals surface area contributed by atoms with Gasteiger partial charge in [0.15, 0.2) is 0 Å². The number of phenols is 1. The molecular weight excluding hydrogens is 320 g/mol. The molecule has 3 rings (SSSR count). The lowest BCUT2D eigenvalue weighted by Crippen LogP contribution is -2.11. The van der Waals surface area contributed by atoms with E-state index in [4.69, 9.17) is 4.74 Å². The Kier molecular flexibility index (Phi) is 5.82. The fourth-order valence-corrected chi connectivity index (χ4v) is 3.45. The molecule has 0 saturated carbocycles. The summed E-state index contributed by atoms with van der Waals surface area (Å²) < 4.78 is 6.53. The zero-order valence-electron chi connectivity index (χ0n) is 15.8. The second kappa shape index (κ2) is 8.27. The quantitative estimate of drug-likeness (QED) is 0.509. The Hall–Kier alpha value is -2.48. The molecule has 3 aromatic rings. The van der Waals surface area contributed by atoms with Crippen LogP contribution in [0.5, 0.6) is 11.5 Å². The number of rotatable bonds is 7. The van der Waals surface area contributed by atoms with Crippen molar-refractivity contribution in [2.45, 2.75) is 45.6 Å². The topological polar surface area (TPSA) is 29.5 Å². The minimum absolute atomic E-state index is 0.0160. The van der Waals surface area contributed by atoms with Gasteiger partial charge in [-0.25, -0.2) is 0 Å². The van der Waals surface area contributed by atoms with Crippen LogP contribution in [0.25, 0.3) is 10.8 Å². The van der Waals surface area contributed by atoms with E-state index in [9.17, 15) is 5.11 Å². The molecule has 0 aliphatic rings. The molecule has 0 amide bonds. The largest absolute Gasteiger partial charge is 0.507 e. The van der Waals surface area contributed by atoms with E-state index in [0.717, 1.165) is 29.4 Å². The summed E-state index contributed by atoms with van der Waals surface area (Å²) in [5.41, 5.74) is 2.58. The number of aromatic hydroxyl groups is 1. The normalized spacial score (nSPS) is 12.5. The molecule has 1 radical (unpaired) electrons. The van der Waals surface area contributed by atoms with Crippen molar-refractivity contribution >= 4 is 10.8 Å². The molecule has 0 bridgehead atoms. The predicted molar refractivity (Wildman–Crippen MR) is 109 cm³/mol. The number of hydrogen-bond acceptors (Lipinski definition) is 2. The summed E-state index contributed by atoms with van der Waals surface area (Å²) in [6, 6.07) is 20.0. The lowest BCUT2D eigenvalue weighted by atomic mass is 9.92. The monoisotopic (exact) mass is 347 g/mol. The van der Waals surface area contributed by atoms with Crippen LogP contribution < -0.4 is 4.74 Å². The van der Waals surface area contributed by atoms with Crippen molar-refractivity contribution in [1.29, 1.82) is 0 Å². The molecule has 0 aromatic heterocycles. The van der Waals surface area contributed by atoms with E-state index in [2.05, 4.69) is 51.5 Å². The number of phenolic OH excluding ortho intramolecular Hbond substituents is 1. The average Bonchev–Trinajstić information content (AvgIpc) is 2.65. The molecule has 0 spiro atoms. The van der Waals surface area contributed by atoms with Gasteiger partial charge in [0.25, 0.3) is 0 Å². The molecule has 2 heteroatoms. The van der Waals surface area contributed by atoms with Crippen molar-refractivity contribution in [2.24, 2.45) is 0 Å². The van der Waals surface area contributed by atoms with Gasteiger partial charge in [0, 0.05) is 10.8 Å². The van der Waals surface area contributed by atoms with Gasteiger partial charge in [-0.1, -0.05) is 69.3 Å². The Balaban J connectivity index is 2.02. The maximum Gasteiger partial charge on any atom is 0.128 e. The molecule has 0 saturated heterocycles. The van der Waals surface area contributed by atoms with E-state index < -0.39 is 0 Å². The Morgan fingerprint density at radius 1 is 0.885 bits per heavy atom. The van der Waals surface area contributed by atoms with Crippen LogP contribution in [0.1, 0.15) is 56.8 Å². The van der Waals surface area contributed by atoms with Crippen molar-refractivity contribution in [3.8, 4) is 11.5 Å². The summed E-state index contributed by atoms with van der Waals surface area (Å²) in [5.74, 6) is 1.55. The first-order valence-corrected chi connectivity index (χ1v) is 9.35. The Morgan fingerprint density at radius 3 is 2.31 bits per heavy atom. The van der Waals surface area contributed by atoms with Crippen LogP contribution in [-0.4, -0.2) is 5.11 Å². The molecule has 26 heavy (non-hydrogen) atoms. The van der Waals surface area contributed by atoms with Crippen LogP contribution in [0.3, 0.4) is 0 Å². The minimum atomic E-state index is -0.0160. The first-order valence-electron chi connectivity index (χ1n) is 9.35. The summed E-state index contributed by atoms with van der Waals surface area (Å²) in [6.07, 6.45) is 4.09. The van der Waals surface area contributed by atoms with E-state index in [1.54, 1.807) is 6.07 Å². The smallest absolute Gasteiger partial charge is 0.128 e. The van der Waals surface area contributed by atoms with Gasteiger partial charge in [-0.15, -0.1) is 0 Å². The van der Waals surface area contributed by atoms with Gasteiger partial charge in [0.05, 0.1) is 0 Å². The van der Waals surface area contributed by atoms with E-state index >= 15 is 0 Å². The first kappa shape index (κ1) is 18.3. The van der Waals surface area contributed by atoms with Crippen LogP contribution in [0, 0.1) is 6.42 Å². The van der Waals surface area contributed by atoms with E-state index in [1.807, 2.05) is 30.3 Å². The van der Waals surface area contributed by atoms with Crippen LogP contribution in [0.4, 0.5) is 0 Å². The summed E-state index contributed by atoms with van der Waals surface area (Å²) in [4.78, 5) is 0. The molecule has 1 unspecified atom stereocenters. The van der Waals surface area contributed by atoms with Gasteiger partial charge in [-0.2, -0.15) is 0 Å². The number of unbranched alkanes of at least 4 members (excludes halogenated alkanes) is 1. The molecule has 1 atom stereocenters. The second-order valence-corrected chi connectivity index (χ2v) is 7.00. The van der Waals surface area contributed by atoms with E-state index in [1.165, 1.54) is 11.1 Å². The second-order valence-electron chi connectivity index (χ2n) is 7.00. The van der Waals surface area contributed by atoms with Crippen molar-refractivity contribution in [3.63, 3.8) is 0 Å². The molecule has 0 heterocycles. The lowest BCUT2D eigenvalue weighted by Gasteiger charge is -2.24. The van der Waals surface area contributed by atoms with Crippen LogP contribution in [-0.2, 0) is 0 Å². The zero-order chi connectivity index (χ0) is 18.5. The number of fused-ring (bicyclic) bond motifs is 1. The third-order valence-electron chi connectivity index (χ3n) is 4.81. The standard InChI is InChI=1S/C24H27O2/c1-4-5-15-23(20-11-7-6-10-18(20)17(2)3)26-24-16-9-12-19-21(24)13-8-14-22(19)25/h4,6-14,16-17,23,25H,5,15H2,1-3H3. The maximum atomic E-state index is 10.1. The molecule has 3 aromatic carbocycles. The Bertz CT molecular complexity index is 867. The molecule has 2 nitrogen and oxygen atoms in total. The van der Waals surface area contributed by atoms with Gasteiger partial charge >= 0.3 is 0 Å². The van der Waals surface area contributed by atoms with Gasteiger partial charge in [0.1, 0.15) is 17.6 Å². The highest BCUT2D eigenvalue weighted by atomic mass is 16.5. The van der Waals surface area contributed by atoms with Gasteiger partial charge in [0.2, 0.25) is 0 Å². The highest BCUT2D eigenvalue weighted by Crippen LogP contribution is 2.36. The molecular formula is C24H27O2. The van der Waals surface area contributed by atoms with Crippen LogP contribution >= 0.6 is 0 Å². The van der Waals surface area contributed by atoms with Crippen LogP contribution in [0.2, 0.25) is 0 Å². The number of hydrogen-bond donors (Lipinski definition) is 1. The third-order valence-corrected chi connectivity index (χ3v) is 4.81. The van der Waals surface area contributed by atoms with Gasteiger partial charge in [-0.3, -0.25) is 0 Å². The summed E-state index contributed by atoms with van der Waals surface area (Å²) in [5, 5.41) is 11.9. The highest BCUT2D eigenvalue weighted by molar-refractivity contribution is 5.92. The summed E-state index contributed by atoms with van der Waals surface area (Å²) in [6.45, 7) is 6.52. The predicted octanol–water partition coefficient (Wildman–Crippen LogP) is 6.79. The van der Waals surface area contributed by atoms with E-state index in [-0.39, 0.29) is 11.9 Å². The highest BCUT2D eigenvalue weighted by Gasteiger charge is 2.19. The Labute approximate surface area is 156 Å². The third kappa shape index (κ3) is 3.85. The molecule has 1 N–H and O–H groups in total. The maximum absolute atomic E-state index is 10.1. The first-order chi connectivity index (χ1) is 12.6. The number of ether oxygens (including phenoxy) is 1. The summed E-state index contributed by atoms with van der Waals surface area (Å²) in [7, 11) is 0. The fourth-order valence-electron chi connectivity index (χ4n) is 3.45. The lowest BCUT2D eigenvalue weighted by molar-refractivity contribution is 0.196. The zero-order valence-corrected chi connectivity index (χ0v) is 15.8. The minimum Gasteiger partial charge on any atom is -0.507 e. The molecule has 135 valence electrons. The summed E-state index contributed by atoms with van der Waals surface area (Å²) >= 11 is 0. The number of benzene rings is 3. The van der Waals surface area contributed by atoms with Crippen molar-refractivity contribution in [1.82, 2.24) is 0 Å². The van der Waals surface area contributed by atoms with Crippen LogP contribution in [0.15, 0.2) is 60.7 Å². The fraction of sp³-hybridized carbons (Fsp3) is 0.292. The SMILES string of the molecule is C[CH]CCC(Oc1cccc2c(O)cccc12)c1ccccc1C(C)C. The van der Waals surface area contributed by atoms with Gasteiger partial charge < -0.3 is 9.84 Å². The average molecular weight is 347 g/mol. The van der Waals surface area contributed by atoms with Crippen molar-refractivity contribution in [2.75, 3.05) is 0 Å². The Morgan fingerprint density at radius 2 is 1.58 bits per heavy atom. The van der Waals surface area contributed by atoms with Crippen molar-refractivity contribution in [3.05, 3.63) is 78.2 Å². The van der Waals surface area contributed by atoms with Crippen molar-refractivity contribution < 1.29 is 9.84 Å². The molecule has 0 aliphatic carbocycles.